The van der Waals surface area contributed by atoms with E-state index < -0.39 is 0 Å². The fraction of sp³-hybridized carbons (Fsp3) is 0.500. The van der Waals surface area contributed by atoms with Crippen molar-refractivity contribution in [1.82, 2.24) is 0 Å². The van der Waals surface area contributed by atoms with Crippen molar-refractivity contribution < 1.29 is 0 Å². The van der Waals surface area contributed by atoms with E-state index in [0.717, 1.165) is 17.9 Å². The van der Waals surface area contributed by atoms with Gasteiger partial charge in [-0.3, -0.25) is 0 Å². The third-order valence-corrected chi connectivity index (χ3v) is 3.65. The molecule has 0 saturated heterocycles. The lowest BCUT2D eigenvalue weighted by atomic mass is 9.70. The van der Waals surface area contributed by atoms with Crippen molar-refractivity contribution in [2.45, 2.75) is 38.1 Å². The lowest BCUT2D eigenvalue weighted by molar-refractivity contribution is 0.364. The summed E-state index contributed by atoms with van der Waals surface area (Å²) in [5.74, 6) is 0. The molecule has 1 nitrogen and oxygen atoms in total. The highest BCUT2D eigenvalue weighted by Crippen LogP contribution is 2.36. The highest BCUT2D eigenvalue weighted by Gasteiger charge is 2.33. The van der Waals surface area contributed by atoms with Gasteiger partial charge >= 0.3 is 0 Å². The Hall–Kier alpha value is -0.530. The van der Waals surface area contributed by atoms with Crippen LogP contribution in [-0.2, 0) is 11.8 Å². The molecule has 1 aliphatic carbocycles. The van der Waals surface area contributed by atoms with E-state index in [1.54, 1.807) is 0 Å². The normalized spacial score (nSPS) is 24.4. The molecule has 0 bridgehead atoms. The molecule has 1 aromatic carbocycles. The zero-order valence-corrected chi connectivity index (χ0v) is 9.43. The molecule has 2 heteroatoms. The van der Waals surface area contributed by atoms with Crippen molar-refractivity contribution in [3.05, 3.63) is 34.3 Å². The molecule has 2 rings (SSSR count). The van der Waals surface area contributed by atoms with Gasteiger partial charge in [-0.25, -0.2) is 0 Å². The summed E-state index contributed by atoms with van der Waals surface area (Å²) in [4.78, 5) is 0. The maximum Gasteiger partial charge on any atom is 0.0408 e. The second-order valence-electron chi connectivity index (χ2n) is 4.67. The molecule has 0 radical (unpaired) electrons. The highest BCUT2D eigenvalue weighted by molar-refractivity contribution is 6.30. The van der Waals surface area contributed by atoms with E-state index in [0.29, 0.717) is 0 Å². The number of rotatable bonds is 0. The Kier molecular flexibility index (Phi) is 2.32. The molecule has 0 saturated carbocycles. The van der Waals surface area contributed by atoms with E-state index in [4.69, 9.17) is 17.3 Å². The van der Waals surface area contributed by atoms with Gasteiger partial charge in [-0.05, 0) is 36.1 Å². The summed E-state index contributed by atoms with van der Waals surface area (Å²) >= 11 is 5.97. The van der Waals surface area contributed by atoms with Gasteiger partial charge in [-0.15, -0.1) is 0 Å². The van der Waals surface area contributed by atoms with Crippen LogP contribution in [0.3, 0.4) is 0 Å². The van der Waals surface area contributed by atoms with Gasteiger partial charge in [0.05, 0.1) is 0 Å². The molecule has 1 aromatic rings. The first-order valence-corrected chi connectivity index (χ1v) is 5.44. The monoisotopic (exact) mass is 209 g/mol. The smallest absolute Gasteiger partial charge is 0.0408 e. The van der Waals surface area contributed by atoms with Crippen LogP contribution < -0.4 is 5.73 Å². The third kappa shape index (κ3) is 1.45. The van der Waals surface area contributed by atoms with E-state index >= 15 is 0 Å². The Morgan fingerprint density at radius 2 is 2.14 bits per heavy atom. The van der Waals surface area contributed by atoms with E-state index in [9.17, 15) is 0 Å². The number of fused-ring (bicyclic) bond motifs is 1. The predicted octanol–water partition coefficient (Wildman–Crippen LogP) is 2.89. The van der Waals surface area contributed by atoms with Crippen LogP contribution in [0.15, 0.2) is 18.2 Å². The van der Waals surface area contributed by atoms with Crippen molar-refractivity contribution in [3.63, 3.8) is 0 Å². The van der Waals surface area contributed by atoms with Crippen LogP contribution >= 0.6 is 11.6 Å². The fourth-order valence-corrected chi connectivity index (χ4v) is 2.46. The molecule has 0 heterocycles. The van der Waals surface area contributed by atoms with Crippen LogP contribution in [0.5, 0.6) is 0 Å². The summed E-state index contributed by atoms with van der Waals surface area (Å²) in [6, 6.07) is 6.41. The van der Waals surface area contributed by atoms with E-state index in [-0.39, 0.29) is 11.5 Å². The maximum absolute atomic E-state index is 6.13. The average Bonchev–Trinajstić information content (AvgIpc) is 2.12. The van der Waals surface area contributed by atoms with Crippen LogP contribution in [0.4, 0.5) is 0 Å². The summed E-state index contributed by atoms with van der Waals surface area (Å²) in [5, 5.41) is 0.829. The molecule has 1 atom stereocenters. The molecular weight excluding hydrogens is 194 g/mol. The van der Waals surface area contributed by atoms with Gasteiger partial charge in [0.25, 0.3) is 0 Å². The Bertz CT molecular complexity index is 357. The van der Waals surface area contributed by atoms with Crippen LogP contribution in [0.1, 0.15) is 31.4 Å². The number of hydrogen-bond donors (Lipinski definition) is 1. The van der Waals surface area contributed by atoms with E-state index in [2.05, 4.69) is 26.0 Å². The molecule has 0 aliphatic heterocycles. The summed E-state index contributed by atoms with van der Waals surface area (Å²) in [6.45, 7) is 4.42. The van der Waals surface area contributed by atoms with Gasteiger partial charge in [0.2, 0.25) is 0 Å². The zero-order chi connectivity index (χ0) is 10.3. The van der Waals surface area contributed by atoms with E-state index in [1.165, 1.54) is 11.1 Å². The molecule has 0 amide bonds. The Morgan fingerprint density at radius 1 is 1.43 bits per heavy atom. The first kappa shape index (κ1) is 10.0. The molecule has 0 spiro atoms. The molecule has 0 fully saturated rings. The minimum Gasteiger partial charge on any atom is -0.327 e. The minimum atomic E-state index is 0.0815. The Labute approximate surface area is 90.3 Å². The van der Waals surface area contributed by atoms with Crippen molar-refractivity contribution >= 4 is 11.6 Å². The van der Waals surface area contributed by atoms with Gasteiger partial charge < -0.3 is 5.73 Å². The SMILES string of the molecule is CC1(C)c2ccc(Cl)cc2CCC1N. The topological polar surface area (TPSA) is 26.0 Å². The summed E-state index contributed by atoms with van der Waals surface area (Å²) in [6.07, 6.45) is 2.11. The fourth-order valence-electron chi connectivity index (χ4n) is 2.27. The van der Waals surface area contributed by atoms with Crippen LogP contribution in [0.2, 0.25) is 5.02 Å². The molecule has 1 aliphatic rings. The second kappa shape index (κ2) is 3.25. The van der Waals surface area contributed by atoms with Crippen molar-refractivity contribution in [1.29, 1.82) is 0 Å². The first-order valence-electron chi connectivity index (χ1n) is 5.06. The molecule has 0 aromatic heterocycles. The zero-order valence-electron chi connectivity index (χ0n) is 8.68. The highest BCUT2D eigenvalue weighted by atomic mass is 35.5. The van der Waals surface area contributed by atoms with Crippen LogP contribution in [0, 0.1) is 0 Å². The predicted molar refractivity (Wildman–Crippen MR) is 60.8 cm³/mol. The third-order valence-electron chi connectivity index (χ3n) is 3.41. The Balaban J connectivity index is 2.53. The molecule has 1 unspecified atom stereocenters. The molecule has 2 N–H and O–H groups in total. The number of halogens is 1. The Morgan fingerprint density at radius 3 is 2.86 bits per heavy atom. The lowest BCUT2D eigenvalue weighted by Crippen LogP contribution is -2.44. The number of nitrogens with two attached hydrogens (primary N) is 1. The van der Waals surface area contributed by atoms with E-state index in [1.807, 2.05) is 6.07 Å². The molecule has 14 heavy (non-hydrogen) atoms. The van der Waals surface area contributed by atoms with Gasteiger partial charge in [0.1, 0.15) is 0 Å². The van der Waals surface area contributed by atoms with Crippen molar-refractivity contribution in [2.24, 2.45) is 5.73 Å². The average molecular weight is 210 g/mol. The van der Waals surface area contributed by atoms with Gasteiger partial charge in [-0.2, -0.15) is 0 Å². The van der Waals surface area contributed by atoms with Gasteiger partial charge in [-0.1, -0.05) is 31.5 Å². The maximum atomic E-state index is 6.13. The second-order valence-corrected chi connectivity index (χ2v) is 5.10. The summed E-state index contributed by atoms with van der Waals surface area (Å²) in [5.41, 5.74) is 8.94. The number of benzene rings is 1. The quantitative estimate of drug-likeness (QED) is 0.699. The first-order chi connectivity index (χ1) is 6.51. The molecule has 76 valence electrons. The van der Waals surface area contributed by atoms with Crippen molar-refractivity contribution in [3.8, 4) is 0 Å². The van der Waals surface area contributed by atoms with Gasteiger partial charge in [0.15, 0.2) is 0 Å². The van der Waals surface area contributed by atoms with Crippen molar-refractivity contribution in [2.75, 3.05) is 0 Å². The van der Waals surface area contributed by atoms with Crippen LogP contribution in [-0.4, -0.2) is 6.04 Å². The largest absolute Gasteiger partial charge is 0.327 e. The lowest BCUT2D eigenvalue weighted by Gasteiger charge is -2.38. The summed E-state index contributed by atoms with van der Waals surface area (Å²) < 4.78 is 0. The standard InChI is InChI=1S/C12H16ClN/c1-12(2)10-5-4-9(13)7-8(10)3-6-11(12)14/h4-5,7,11H,3,6,14H2,1-2H3. The van der Waals surface area contributed by atoms with Gasteiger partial charge in [0, 0.05) is 16.5 Å². The number of hydrogen-bond acceptors (Lipinski definition) is 1. The molecular formula is C12H16ClN. The summed E-state index contributed by atoms with van der Waals surface area (Å²) in [7, 11) is 0. The number of aryl methyl sites for hydroxylation is 1. The van der Waals surface area contributed by atoms with Crippen LogP contribution in [0.25, 0.3) is 0 Å². The minimum absolute atomic E-state index is 0.0815.